The zero-order valence-electron chi connectivity index (χ0n) is 33.6. The minimum Gasteiger partial charge on any atom is -0.469 e. The third-order valence-electron chi connectivity index (χ3n) is 16.6. The number of cyclic esters (lactones) is 2. The molecule has 3 saturated carbocycles. The fourth-order valence-corrected chi connectivity index (χ4v) is 14.3. The van der Waals surface area contributed by atoms with Crippen molar-refractivity contribution in [1.82, 2.24) is 10.6 Å². The Morgan fingerprint density at radius 1 is 1.02 bits per heavy atom. The second-order valence-electron chi connectivity index (χ2n) is 19.9. The van der Waals surface area contributed by atoms with E-state index in [-0.39, 0.29) is 42.7 Å². The van der Waals surface area contributed by atoms with Crippen molar-refractivity contribution < 1.29 is 53.1 Å². The molecule has 8 aliphatic rings. The van der Waals surface area contributed by atoms with Crippen molar-refractivity contribution in [3.8, 4) is 0 Å². The third kappa shape index (κ3) is 5.19. The largest absolute Gasteiger partial charge is 0.469 e. The fraction of sp³-hybridized carbons (Fsp3) is 0.837. The van der Waals surface area contributed by atoms with Gasteiger partial charge in [0.25, 0.3) is 0 Å². The predicted octanol–water partition coefficient (Wildman–Crippen LogP) is 3.36. The molecule has 16 atom stereocenters. The van der Waals surface area contributed by atoms with Crippen molar-refractivity contribution in [2.75, 3.05) is 26.4 Å². The van der Waals surface area contributed by atoms with Gasteiger partial charge in [0.1, 0.15) is 30.2 Å². The SMILES string of the molecule is CC(C)CC[C@]1(C)O[C@H]2[C@@H]3CC[C@H]4C[C@@]5(C)[C@H](c6ccoc6C[C@H](CCCC[C@@H]6CNCN6)[C@H](O)CO)OC(=O)[C@H]6O[C@]65[C@]5(C)[C@H](O)C(=O)[C@H]1[C@@]2(COC3=O)[C@@H]45. The zero-order valence-corrected chi connectivity index (χ0v) is 33.6. The quantitative estimate of drug-likeness (QED) is 0.111. The number of carbonyl (C=O) groups excluding carboxylic acids is 3. The van der Waals surface area contributed by atoms with Crippen LogP contribution in [0.1, 0.15) is 110 Å². The zero-order chi connectivity index (χ0) is 39.6. The van der Waals surface area contributed by atoms with Gasteiger partial charge >= 0.3 is 11.9 Å². The number of aliphatic hydroxyl groups is 3. The molecule has 6 heterocycles. The Balaban J connectivity index is 1.09. The van der Waals surface area contributed by atoms with Gasteiger partial charge in [0.2, 0.25) is 0 Å². The Labute approximate surface area is 329 Å². The standard InChI is InChI=1S/C43H62N2O11/c1-22(2)12-14-40(4)32-30(48)33(49)41(5)31-24(10-11-27-35(55-40)42(31,32)20-53-37(27)50)17-39(3)34(54-38(51)36-43(39,41)56-36)26-13-15-52-29(26)16-23(28(47)19-46)8-6-7-9-25-18-44-21-45-25/h13,15,22-25,27-28,31-36,44-47,49H,6-12,14,16-21H2,1-5H3/t23-,24-,25+,27-,28+,31-,32+,33+,34-,35-,36+,39-,40-,41-,42+,43+/m0/s1. The molecule has 13 nitrogen and oxygen atoms in total. The maximum Gasteiger partial charge on any atom is 0.339 e. The molecule has 310 valence electrons. The normalized spacial score (nSPS) is 47.0. The Morgan fingerprint density at radius 3 is 2.55 bits per heavy atom. The summed E-state index contributed by atoms with van der Waals surface area (Å²) in [5.74, 6) is -2.15. The number of ketones is 1. The van der Waals surface area contributed by atoms with Crippen molar-refractivity contribution in [1.29, 1.82) is 0 Å². The molecule has 5 aliphatic heterocycles. The number of carbonyl (C=O) groups is 3. The minimum absolute atomic E-state index is 0.0317. The topological polar surface area (TPSA) is 189 Å². The number of Topliss-reactive ketones (excluding diaryl/α,β-unsaturated/α-hetero) is 1. The second kappa shape index (κ2) is 13.6. The Kier molecular flexibility index (Phi) is 9.47. The van der Waals surface area contributed by atoms with Crippen LogP contribution in [-0.4, -0.2) is 101 Å². The van der Waals surface area contributed by atoms with Gasteiger partial charge in [-0.25, -0.2) is 4.79 Å². The van der Waals surface area contributed by atoms with E-state index in [4.69, 9.17) is 23.4 Å². The van der Waals surface area contributed by atoms with Crippen LogP contribution in [0.4, 0.5) is 0 Å². The van der Waals surface area contributed by atoms with E-state index in [1.807, 2.05) is 19.9 Å². The molecular formula is C43H62N2O11. The van der Waals surface area contributed by atoms with E-state index in [9.17, 15) is 24.9 Å². The molecule has 0 unspecified atom stereocenters. The molecule has 5 saturated heterocycles. The highest BCUT2D eigenvalue weighted by Gasteiger charge is 2.92. The van der Waals surface area contributed by atoms with E-state index >= 15 is 4.79 Å². The Bertz CT molecular complexity index is 1730. The van der Waals surface area contributed by atoms with E-state index in [0.717, 1.165) is 38.9 Å². The number of ether oxygens (including phenoxy) is 4. The van der Waals surface area contributed by atoms with Gasteiger partial charge in [0.15, 0.2) is 11.9 Å². The van der Waals surface area contributed by atoms with Gasteiger partial charge in [-0.15, -0.1) is 0 Å². The minimum atomic E-state index is -1.46. The van der Waals surface area contributed by atoms with Gasteiger partial charge in [-0.3, -0.25) is 9.59 Å². The Morgan fingerprint density at radius 2 is 1.82 bits per heavy atom. The van der Waals surface area contributed by atoms with Gasteiger partial charge in [-0.05, 0) is 81.6 Å². The predicted molar refractivity (Wildman–Crippen MR) is 199 cm³/mol. The lowest BCUT2D eigenvalue weighted by Gasteiger charge is -2.68. The molecule has 2 spiro atoms. The summed E-state index contributed by atoms with van der Waals surface area (Å²) in [7, 11) is 0. The monoisotopic (exact) mass is 782 g/mol. The molecule has 9 rings (SSSR count). The van der Waals surface area contributed by atoms with Crippen LogP contribution in [0.2, 0.25) is 0 Å². The van der Waals surface area contributed by atoms with E-state index < -0.39 is 75.8 Å². The van der Waals surface area contributed by atoms with E-state index in [1.165, 1.54) is 0 Å². The van der Waals surface area contributed by atoms with Crippen molar-refractivity contribution >= 4 is 17.7 Å². The van der Waals surface area contributed by atoms with Gasteiger partial charge < -0.3 is 49.3 Å². The summed E-state index contributed by atoms with van der Waals surface area (Å²) < 4.78 is 32.4. The van der Waals surface area contributed by atoms with Crippen LogP contribution < -0.4 is 10.6 Å². The molecule has 3 aliphatic carbocycles. The molecule has 0 aromatic carbocycles. The first-order valence-electron chi connectivity index (χ1n) is 21.4. The third-order valence-corrected chi connectivity index (χ3v) is 16.6. The summed E-state index contributed by atoms with van der Waals surface area (Å²) in [5, 5.41) is 40.6. The highest BCUT2D eigenvalue weighted by molar-refractivity contribution is 5.92. The number of furan rings is 1. The molecule has 2 bridgehead atoms. The van der Waals surface area contributed by atoms with Crippen LogP contribution in [0.5, 0.6) is 0 Å². The summed E-state index contributed by atoms with van der Waals surface area (Å²) in [4.78, 5) is 42.9. The van der Waals surface area contributed by atoms with Crippen molar-refractivity contribution in [3.05, 3.63) is 23.7 Å². The molecule has 5 N–H and O–H groups in total. The molecule has 8 fully saturated rings. The van der Waals surface area contributed by atoms with Crippen LogP contribution in [0.25, 0.3) is 0 Å². The van der Waals surface area contributed by atoms with Crippen molar-refractivity contribution in [2.24, 2.45) is 51.8 Å². The molecule has 1 aromatic rings. The summed E-state index contributed by atoms with van der Waals surface area (Å²) in [6.45, 7) is 11.7. The molecule has 0 radical (unpaired) electrons. The first kappa shape index (κ1) is 39.1. The first-order valence-corrected chi connectivity index (χ1v) is 21.4. The smallest absolute Gasteiger partial charge is 0.339 e. The molecule has 56 heavy (non-hydrogen) atoms. The average molecular weight is 783 g/mol. The number of nitrogens with one attached hydrogen (secondary N) is 2. The van der Waals surface area contributed by atoms with Gasteiger partial charge in [-0.2, -0.15) is 0 Å². The first-order chi connectivity index (χ1) is 26.7. The van der Waals surface area contributed by atoms with Crippen LogP contribution in [0, 0.1) is 51.8 Å². The number of epoxide rings is 1. The van der Waals surface area contributed by atoms with Crippen LogP contribution in [0.15, 0.2) is 16.7 Å². The van der Waals surface area contributed by atoms with Crippen LogP contribution in [0.3, 0.4) is 0 Å². The maximum absolute atomic E-state index is 15.2. The van der Waals surface area contributed by atoms with Crippen molar-refractivity contribution in [3.63, 3.8) is 0 Å². The number of hydrogen-bond donors (Lipinski definition) is 5. The number of esters is 2. The van der Waals surface area contributed by atoms with Crippen LogP contribution >= 0.6 is 0 Å². The van der Waals surface area contributed by atoms with Gasteiger partial charge in [-0.1, -0.05) is 40.5 Å². The molecule has 0 amide bonds. The maximum atomic E-state index is 15.2. The van der Waals surface area contributed by atoms with Crippen LogP contribution in [-0.2, 0) is 39.8 Å². The van der Waals surface area contributed by atoms with Gasteiger partial charge in [0.05, 0.1) is 42.5 Å². The number of hydrogen-bond acceptors (Lipinski definition) is 13. The Hall–Kier alpha value is -2.39. The molecule has 1 aromatic heterocycles. The summed E-state index contributed by atoms with van der Waals surface area (Å²) in [6, 6.07) is 2.26. The van der Waals surface area contributed by atoms with E-state index in [0.29, 0.717) is 61.8 Å². The number of rotatable bonds is 13. The van der Waals surface area contributed by atoms with Crippen molar-refractivity contribution in [2.45, 2.75) is 147 Å². The van der Waals surface area contributed by atoms with E-state index in [1.54, 1.807) is 6.26 Å². The van der Waals surface area contributed by atoms with Gasteiger partial charge in [0, 0.05) is 47.5 Å². The number of unbranched alkanes of at least 4 members (excludes halogenated alkanes) is 1. The summed E-state index contributed by atoms with van der Waals surface area (Å²) in [5.41, 5.74) is -4.52. The molecular weight excluding hydrogens is 720 g/mol. The number of aliphatic hydroxyl groups excluding tert-OH is 3. The highest BCUT2D eigenvalue weighted by atomic mass is 16.7. The fourth-order valence-electron chi connectivity index (χ4n) is 14.3. The average Bonchev–Trinajstić information content (AvgIpc) is 3.40. The lowest BCUT2D eigenvalue weighted by molar-refractivity contribution is -0.266. The highest BCUT2D eigenvalue weighted by Crippen LogP contribution is 2.82. The summed E-state index contributed by atoms with van der Waals surface area (Å²) >= 11 is 0. The second-order valence-corrected chi connectivity index (χ2v) is 19.9. The molecule has 13 heteroatoms. The lowest BCUT2D eigenvalue weighted by Crippen LogP contribution is -2.78. The summed E-state index contributed by atoms with van der Waals surface area (Å²) in [6.07, 6.45) is 3.86. The van der Waals surface area contributed by atoms with E-state index in [2.05, 4.69) is 31.4 Å². The lowest BCUT2D eigenvalue weighted by atomic mass is 9.34.